The Labute approximate surface area is 190 Å². The summed E-state index contributed by atoms with van der Waals surface area (Å²) in [6, 6.07) is 27.0. The molecule has 0 fully saturated rings. The molecular weight excluding hydrogens is 422 g/mol. The molecule has 32 heavy (non-hydrogen) atoms. The molecule has 1 aromatic heterocycles. The first kappa shape index (κ1) is 21.5. The van der Waals surface area contributed by atoms with Crippen LogP contribution in [0.5, 0.6) is 5.75 Å². The summed E-state index contributed by atoms with van der Waals surface area (Å²) < 4.78 is 6.78. The van der Waals surface area contributed by atoms with E-state index in [0.717, 1.165) is 16.8 Å². The number of nitrogen functional groups attached to an aromatic ring is 1. The van der Waals surface area contributed by atoms with Gasteiger partial charge < -0.3 is 15.5 Å². The number of amides is 1. The van der Waals surface area contributed by atoms with E-state index in [4.69, 9.17) is 10.6 Å². The number of aromatic nitrogens is 3. The molecule has 0 radical (unpaired) electrons. The number of carbonyl (C=O) groups is 1. The molecule has 0 atom stereocenters. The van der Waals surface area contributed by atoms with Gasteiger partial charge in [-0.3, -0.25) is 4.79 Å². The summed E-state index contributed by atoms with van der Waals surface area (Å²) in [6.07, 6.45) is 0. The summed E-state index contributed by atoms with van der Waals surface area (Å²) >= 11 is 1.25. The van der Waals surface area contributed by atoms with Crippen molar-refractivity contribution in [1.82, 2.24) is 14.9 Å². The molecule has 1 amide bonds. The van der Waals surface area contributed by atoms with Crippen LogP contribution in [-0.4, -0.2) is 33.6 Å². The summed E-state index contributed by atoms with van der Waals surface area (Å²) in [5, 5.41) is 8.84. The van der Waals surface area contributed by atoms with Gasteiger partial charge in [-0.2, -0.15) is 0 Å². The van der Waals surface area contributed by atoms with E-state index < -0.39 is 0 Å². The van der Waals surface area contributed by atoms with Crippen LogP contribution in [0.3, 0.4) is 0 Å². The summed E-state index contributed by atoms with van der Waals surface area (Å²) in [7, 11) is 1.59. The lowest BCUT2D eigenvalue weighted by Crippen LogP contribution is -2.32. The molecule has 8 heteroatoms. The second kappa shape index (κ2) is 10.0. The Bertz CT molecular complexity index is 1180. The fourth-order valence-electron chi connectivity index (χ4n) is 3.29. The molecule has 0 spiro atoms. The molecule has 0 aliphatic carbocycles. The third-order valence-electron chi connectivity index (χ3n) is 4.89. The van der Waals surface area contributed by atoms with Crippen LogP contribution in [0.1, 0.15) is 5.56 Å². The van der Waals surface area contributed by atoms with Gasteiger partial charge >= 0.3 is 0 Å². The molecule has 0 aliphatic rings. The molecule has 4 rings (SSSR count). The number of nitrogens with zero attached hydrogens (tertiary/aromatic N) is 4. The SMILES string of the molecule is COc1ccccc1-c1nnc(SCC(=O)N(Cc2ccccc2)c2ccccc2)n1N. The first-order chi connectivity index (χ1) is 15.7. The van der Waals surface area contributed by atoms with Gasteiger partial charge in [-0.25, -0.2) is 4.68 Å². The Morgan fingerprint density at radius 3 is 2.34 bits per heavy atom. The van der Waals surface area contributed by atoms with Gasteiger partial charge in [-0.05, 0) is 29.8 Å². The normalized spacial score (nSPS) is 10.7. The molecule has 4 aromatic rings. The molecule has 162 valence electrons. The van der Waals surface area contributed by atoms with E-state index in [2.05, 4.69) is 10.2 Å². The number of nitrogens with two attached hydrogens (primary N) is 1. The van der Waals surface area contributed by atoms with Gasteiger partial charge in [0.15, 0.2) is 5.82 Å². The van der Waals surface area contributed by atoms with Crippen molar-refractivity contribution in [2.45, 2.75) is 11.7 Å². The fourth-order valence-corrected chi connectivity index (χ4v) is 4.02. The van der Waals surface area contributed by atoms with Gasteiger partial charge in [0.05, 0.1) is 25.0 Å². The number of benzene rings is 3. The lowest BCUT2D eigenvalue weighted by atomic mass is 10.2. The van der Waals surface area contributed by atoms with Gasteiger partial charge in [0.25, 0.3) is 0 Å². The number of hydrogen-bond acceptors (Lipinski definition) is 6. The summed E-state index contributed by atoms with van der Waals surface area (Å²) in [5.41, 5.74) is 2.62. The number of thioether (sulfide) groups is 1. The number of hydrogen-bond donors (Lipinski definition) is 1. The molecule has 1 heterocycles. The Balaban J connectivity index is 1.52. The summed E-state index contributed by atoms with van der Waals surface area (Å²) in [5.74, 6) is 7.49. The van der Waals surface area contributed by atoms with Crippen LogP contribution in [0.4, 0.5) is 5.69 Å². The Kier molecular flexibility index (Phi) is 6.72. The predicted molar refractivity (Wildman–Crippen MR) is 127 cm³/mol. The van der Waals surface area contributed by atoms with E-state index in [1.54, 1.807) is 12.0 Å². The highest BCUT2D eigenvalue weighted by atomic mass is 32.2. The zero-order valence-corrected chi connectivity index (χ0v) is 18.4. The molecular formula is C24H23N5O2S. The molecule has 0 bridgehead atoms. The van der Waals surface area contributed by atoms with Gasteiger partial charge in [-0.1, -0.05) is 72.4 Å². The first-order valence-corrected chi connectivity index (χ1v) is 11.0. The minimum atomic E-state index is -0.0492. The number of para-hydroxylation sites is 2. The van der Waals surface area contributed by atoms with Gasteiger partial charge in [0.1, 0.15) is 5.75 Å². The van der Waals surface area contributed by atoms with Crippen molar-refractivity contribution in [3.8, 4) is 17.1 Å². The third kappa shape index (κ3) is 4.76. The quantitative estimate of drug-likeness (QED) is 0.326. The van der Waals surface area contributed by atoms with Crippen molar-refractivity contribution in [2.75, 3.05) is 23.6 Å². The van der Waals surface area contributed by atoms with E-state index in [0.29, 0.717) is 23.3 Å². The molecule has 0 unspecified atom stereocenters. The molecule has 0 saturated heterocycles. The Morgan fingerprint density at radius 1 is 0.969 bits per heavy atom. The highest BCUT2D eigenvalue weighted by Crippen LogP contribution is 2.29. The van der Waals surface area contributed by atoms with Crippen molar-refractivity contribution in [3.05, 3.63) is 90.5 Å². The molecule has 3 aromatic carbocycles. The maximum atomic E-state index is 13.2. The second-order valence-corrected chi connectivity index (χ2v) is 7.91. The molecule has 0 aliphatic heterocycles. The van der Waals surface area contributed by atoms with Crippen molar-refractivity contribution < 1.29 is 9.53 Å². The smallest absolute Gasteiger partial charge is 0.237 e. The number of carbonyl (C=O) groups excluding carboxylic acids is 1. The van der Waals surface area contributed by atoms with E-state index in [-0.39, 0.29) is 11.7 Å². The van der Waals surface area contributed by atoms with E-state index in [9.17, 15) is 4.79 Å². The average molecular weight is 446 g/mol. The van der Waals surface area contributed by atoms with Gasteiger partial charge in [0, 0.05) is 5.69 Å². The predicted octanol–water partition coefficient (Wildman–Crippen LogP) is 3.99. The van der Waals surface area contributed by atoms with Crippen LogP contribution in [0, 0.1) is 0 Å². The number of anilines is 1. The summed E-state index contributed by atoms with van der Waals surface area (Å²) in [4.78, 5) is 15.0. The monoisotopic (exact) mass is 445 g/mol. The average Bonchev–Trinajstić information content (AvgIpc) is 3.22. The van der Waals surface area contributed by atoms with Crippen molar-refractivity contribution >= 4 is 23.4 Å². The highest BCUT2D eigenvalue weighted by Gasteiger charge is 2.20. The standard InChI is InChI=1S/C24H23N5O2S/c1-31-21-15-9-8-14-20(21)23-26-27-24(29(23)25)32-17-22(30)28(19-12-6-3-7-13-19)16-18-10-4-2-5-11-18/h2-15H,16-17,25H2,1H3. The lowest BCUT2D eigenvalue weighted by Gasteiger charge is -2.23. The van der Waals surface area contributed by atoms with Crippen LogP contribution in [0.15, 0.2) is 90.1 Å². The molecule has 7 nitrogen and oxygen atoms in total. The van der Waals surface area contributed by atoms with Crippen molar-refractivity contribution in [2.24, 2.45) is 0 Å². The van der Waals surface area contributed by atoms with Crippen molar-refractivity contribution in [3.63, 3.8) is 0 Å². The molecule has 0 saturated carbocycles. The van der Waals surface area contributed by atoms with Gasteiger partial charge in [0.2, 0.25) is 11.1 Å². The second-order valence-electron chi connectivity index (χ2n) is 6.97. The lowest BCUT2D eigenvalue weighted by molar-refractivity contribution is -0.116. The zero-order chi connectivity index (χ0) is 22.3. The van der Waals surface area contributed by atoms with Crippen LogP contribution >= 0.6 is 11.8 Å². The fraction of sp³-hybridized carbons (Fsp3) is 0.125. The Morgan fingerprint density at radius 2 is 1.62 bits per heavy atom. The topological polar surface area (TPSA) is 86.3 Å². The third-order valence-corrected chi connectivity index (χ3v) is 5.82. The minimum absolute atomic E-state index is 0.0492. The highest BCUT2D eigenvalue weighted by molar-refractivity contribution is 7.99. The van der Waals surface area contributed by atoms with Crippen molar-refractivity contribution in [1.29, 1.82) is 0 Å². The molecule has 2 N–H and O–H groups in total. The minimum Gasteiger partial charge on any atom is -0.496 e. The maximum Gasteiger partial charge on any atom is 0.237 e. The van der Waals surface area contributed by atoms with Crippen LogP contribution in [0.25, 0.3) is 11.4 Å². The number of rotatable bonds is 8. The summed E-state index contributed by atoms with van der Waals surface area (Å²) in [6.45, 7) is 0.478. The maximum absolute atomic E-state index is 13.2. The van der Waals surface area contributed by atoms with Crippen LogP contribution in [-0.2, 0) is 11.3 Å². The van der Waals surface area contributed by atoms with Gasteiger partial charge in [-0.15, -0.1) is 10.2 Å². The van der Waals surface area contributed by atoms with E-state index in [1.165, 1.54) is 16.4 Å². The largest absolute Gasteiger partial charge is 0.496 e. The van der Waals surface area contributed by atoms with E-state index >= 15 is 0 Å². The van der Waals surface area contributed by atoms with Crippen LogP contribution in [0.2, 0.25) is 0 Å². The van der Waals surface area contributed by atoms with E-state index in [1.807, 2.05) is 84.9 Å². The first-order valence-electron chi connectivity index (χ1n) is 10.0. The number of methoxy groups -OCH3 is 1. The Hall–Kier alpha value is -3.78. The number of ether oxygens (including phenoxy) is 1. The van der Waals surface area contributed by atoms with Crippen LogP contribution < -0.4 is 15.5 Å². The zero-order valence-electron chi connectivity index (χ0n) is 17.6.